The fourth-order valence-corrected chi connectivity index (χ4v) is 5.13. The Morgan fingerprint density at radius 2 is 1.70 bits per heavy atom. The van der Waals surface area contributed by atoms with Gasteiger partial charge in [-0.1, -0.05) is 30.3 Å². The molecule has 33 heavy (non-hydrogen) atoms. The van der Waals surface area contributed by atoms with E-state index < -0.39 is 0 Å². The summed E-state index contributed by atoms with van der Waals surface area (Å²) in [6, 6.07) is 17.4. The Morgan fingerprint density at radius 1 is 0.909 bits per heavy atom. The molecular formula is C27H27N5O. The molecule has 5 aromatic rings. The van der Waals surface area contributed by atoms with Crippen molar-refractivity contribution >= 4 is 38.4 Å². The molecule has 6 nitrogen and oxygen atoms in total. The minimum absolute atomic E-state index is 0.753. The molecule has 1 saturated heterocycles. The molecule has 2 N–H and O–H groups in total. The maximum Gasteiger partial charge on any atom is 0.142 e. The number of ether oxygens (including phenoxy) is 1. The van der Waals surface area contributed by atoms with Gasteiger partial charge in [0.25, 0.3) is 0 Å². The molecule has 6 rings (SSSR count). The quantitative estimate of drug-likeness (QED) is 0.417. The molecule has 0 radical (unpaired) electrons. The van der Waals surface area contributed by atoms with E-state index >= 15 is 0 Å². The van der Waals surface area contributed by atoms with Crippen molar-refractivity contribution in [1.82, 2.24) is 20.3 Å². The summed E-state index contributed by atoms with van der Waals surface area (Å²) in [5, 5.41) is 8.04. The van der Waals surface area contributed by atoms with Gasteiger partial charge in [-0.05, 0) is 43.0 Å². The average molecular weight is 438 g/mol. The fourth-order valence-electron chi connectivity index (χ4n) is 5.13. The van der Waals surface area contributed by atoms with Crippen LogP contribution in [0.5, 0.6) is 5.75 Å². The highest BCUT2D eigenvalue weighted by Crippen LogP contribution is 2.40. The molecule has 3 heterocycles. The van der Waals surface area contributed by atoms with Crippen molar-refractivity contribution in [2.75, 3.05) is 38.2 Å². The van der Waals surface area contributed by atoms with E-state index in [-0.39, 0.29) is 0 Å². The summed E-state index contributed by atoms with van der Waals surface area (Å²) in [7, 11) is 1.72. The number of nitrogens with one attached hydrogen (secondary N) is 2. The predicted octanol–water partition coefficient (Wildman–Crippen LogP) is 4.97. The lowest BCUT2D eigenvalue weighted by molar-refractivity contribution is 0.412. The van der Waals surface area contributed by atoms with Crippen molar-refractivity contribution in [1.29, 1.82) is 0 Å². The number of H-pyrrole nitrogens is 1. The number of benzene rings is 3. The topological polar surface area (TPSA) is 66.1 Å². The number of nitrogens with zero attached hydrogens (tertiary/aromatic N) is 3. The third-order valence-electron chi connectivity index (χ3n) is 6.69. The Morgan fingerprint density at radius 3 is 2.48 bits per heavy atom. The number of rotatable bonds is 3. The van der Waals surface area contributed by atoms with Gasteiger partial charge >= 0.3 is 0 Å². The van der Waals surface area contributed by atoms with Crippen LogP contribution in [-0.2, 0) is 0 Å². The summed E-state index contributed by atoms with van der Waals surface area (Å²) < 4.78 is 5.63. The number of aromatic amines is 1. The van der Waals surface area contributed by atoms with Crippen LogP contribution in [0.1, 0.15) is 11.4 Å². The summed E-state index contributed by atoms with van der Waals surface area (Å²) in [5.74, 6) is 1.62. The number of methoxy groups -OCH3 is 1. The molecule has 1 fully saturated rings. The van der Waals surface area contributed by atoms with Crippen LogP contribution >= 0.6 is 0 Å². The smallest absolute Gasteiger partial charge is 0.142 e. The van der Waals surface area contributed by atoms with Crippen LogP contribution in [0.25, 0.3) is 44.0 Å². The van der Waals surface area contributed by atoms with E-state index in [2.05, 4.69) is 70.7 Å². The van der Waals surface area contributed by atoms with Crippen LogP contribution in [0, 0.1) is 13.8 Å². The normalized spacial score (nSPS) is 14.5. The van der Waals surface area contributed by atoms with Gasteiger partial charge in [0.2, 0.25) is 0 Å². The Hall–Kier alpha value is -3.64. The summed E-state index contributed by atoms with van der Waals surface area (Å²) in [5.41, 5.74) is 6.36. The minimum atomic E-state index is 0.753. The predicted molar refractivity (Wildman–Crippen MR) is 135 cm³/mol. The number of aromatic nitrogens is 3. The van der Waals surface area contributed by atoms with Gasteiger partial charge in [-0.2, -0.15) is 0 Å². The molecule has 166 valence electrons. The molecule has 2 aromatic heterocycles. The van der Waals surface area contributed by atoms with E-state index in [0.717, 1.165) is 76.5 Å². The molecule has 6 heteroatoms. The lowest BCUT2D eigenvalue weighted by atomic mass is 9.97. The number of fused-ring (bicyclic) bond motifs is 4. The summed E-state index contributed by atoms with van der Waals surface area (Å²) in [4.78, 5) is 15.7. The fraction of sp³-hybridized carbons (Fsp3) is 0.259. The molecule has 0 bridgehead atoms. The SMILES string of the molecule is COc1cc2c(cc1C)[nH]c1nc(C)nc(-c3ccc(N4CCNCC4)c4ccccc34)c12. The van der Waals surface area contributed by atoms with Gasteiger partial charge in [-0.15, -0.1) is 0 Å². The molecule has 0 atom stereocenters. The van der Waals surface area contributed by atoms with Crippen molar-refractivity contribution in [3.8, 4) is 17.0 Å². The highest BCUT2D eigenvalue weighted by molar-refractivity contribution is 6.16. The second-order valence-electron chi connectivity index (χ2n) is 8.75. The molecule has 1 aliphatic heterocycles. The number of anilines is 1. The monoisotopic (exact) mass is 437 g/mol. The summed E-state index contributed by atoms with van der Waals surface area (Å²) >= 11 is 0. The standard InChI is InChI=1S/C27H27N5O/c1-16-14-22-21(15-24(16)33-3)25-26(29-17(2)30-27(25)31-22)20-8-9-23(32-12-10-28-11-13-32)19-7-5-4-6-18(19)20/h4-9,14-15,28H,10-13H2,1-3H3,(H,29,30,31). The van der Waals surface area contributed by atoms with E-state index in [4.69, 9.17) is 14.7 Å². The summed E-state index contributed by atoms with van der Waals surface area (Å²) in [6.45, 7) is 8.07. The number of piperazine rings is 1. The number of hydrogen-bond donors (Lipinski definition) is 2. The minimum Gasteiger partial charge on any atom is -0.496 e. The molecule has 0 amide bonds. The van der Waals surface area contributed by atoms with Gasteiger partial charge in [0, 0.05) is 53.7 Å². The lowest BCUT2D eigenvalue weighted by Crippen LogP contribution is -2.43. The Labute approximate surface area is 192 Å². The first-order chi connectivity index (χ1) is 16.1. The molecular weight excluding hydrogens is 410 g/mol. The Kier molecular flexibility index (Phi) is 4.69. The zero-order chi connectivity index (χ0) is 22.5. The zero-order valence-corrected chi connectivity index (χ0v) is 19.2. The molecule has 0 spiro atoms. The largest absolute Gasteiger partial charge is 0.496 e. The van der Waals surface area contributed by atoms with E-state index in [0.29, 0.717) is 0 Å². The van der Waals surface area contributed by atoms with Crippen molar-refractivity contribution in [3.63, 3.8) is 0 Å². The average Bonchev–Trinajstić information content (AvgIpc) is 3.19. The van der Waals surface area contributed by atoms with Crippen LogP contribution < -0.4 is 15.0 Å². The van der Waals surface area contributed by atoms with Crippen LogP contribution in [-0.4, -0.2) is 48.2 Å². The van der Waals surface area contributed by atoms with Gasteiger partial charge in [0.05, 0.1) is 18.2 Å². The van der Waals surface area contributed by atoms with Gasteiger partial charge in [-0.3, -0.25) is 0 Å². The lowest BCUT2D eigenvalue weighted by Gasteiger charge is -2.30. The first-order valence-corrected chi connectivity index (χ1v) is 11.5. The van der Waals surface area contributed by atoms with Gasteiger partial charge in [0.15, 0.2) is 0 Å². The third kappa shape index (κ3) is 3.21. The Bertz CT molecular complexity index is 1510. The van der Waals surface area contributed by atoms with Gasteiger partial charge < -0.3 is 19.9 Å². The van der Waals surface area contributed by atoms with Crippen LogP contribution in [0.4, 0.5) is 5.69 Å². The highest BCUT2D eigenvalue weighted by atomic mass is 16.5. The molecule has 0 saturated carbocycles. The van der Waals surface area contributed by atoms with Crippen LogP contribution in [0.2, 0.25) is 0 Å². The summed E-state index contributed by atoms with van der Waals surface area (Å²) in [6.07, 6.45) is 0. The maximum atomic E-state index is 5.63. The molecule has 0 unspecified atom stereocenters. The molecule has 1 aliphatic rings. The van der Waals surface area contributed by atoms with E-state index in [1.807, 2.05) is 6.92 Å². The molecule has 0 aliphatic carbocycles. The molecule has 3 aromatic carbocycles. The van der Waals surface area contributed by atoms with E-state index in [1.165, 1.54) is 16.5 Å². The van der Waals surface area contributed by atoms with Gasteiger partial charge in [-0.25, -0.2) is 9.97 Å². The van der Waals surface area contributed by atoms with Gasteiger partial charge in [0.1, 0.15) is 17.2 Å². The van der Waals surface area contributed by atoms with Crippen molar-refractivity contribution in [2.45, 2.75) is 13.8 Å². The van der Waals surface area contributed by atoms with Crippen molar-refractivity contribution in [2.24, 2.45) is 0 Å². The first kappa shape index (κ1) is 20.0. The van der Waals surface area contributed by atoms with E-state index in [1.54, 1.807) is 7.11 Å². The number of aryl methyl sites for hydroxylation is 2. The van der Waals surface area contributed by atoms with Crippen molar-refractivity contribution < 1.29 is 4.74 Å². The first-order valence-electron chi connectivity index (χ1n) is 11.5. The highest BCUT2D eigenvalue weighted by Gasteiger charge is 2.20. The maximum absolute atomic E-state index is 5.63. The third-order valence-corrected chi connectivity index (χ3v) is 6.69. The van der Waals surface area contributed by atoms with Crippen LogP contribution in [0.3, 0.4) is 0 Å². The second-order valence-corrected chi connectivity index (χ2v) is 8.75. The second kappa shape index (κ2) is 7.74. The number of hydrogen-bond acceptors (Lipinski definition) is 5. The zero-order valence-electron chi connectivity index (χ0n) is 19.2. The van der Waals surface area contributed by atoms with Crippen LogP contribution in [0.15, 0.2) is 48.5 Å². The van der Waals surface area contributed by atoms with Crippen molar-refractivity contribution in [3.05, 3.63) is 59.9 Å². The van der Waals surface area contributed by atoms with E-state index in [9.17, 15) is 0 Å². The Balaban J connectivity index is 1.65.